The second kappa shape index (κ2) is 6.15. The Kier molecular flexibility index (Phi) is 4.18. The van der Waals surface area contributed by atoms with Gasteiger partial charge in [0, 0.05) is 17.9 Å². The van der Waals surface area contributed by atoms with E-state index in [2.05, 4.69) is 4.74 Å². The topological polar surface area (TPSA) is 43.4 Å². The number of carbonyl (C=O) groups is 2. The molecule has 2 aromatic rings. The molecule has 3 rings (SSSR count). The van der Waals surface area contributed by atoms with Crippen LogP contribution in [0.25, 0.3) is 11.1 Å². The molecule has 1 aliphatic carbocycles. The zero-order valence-electron chi connectivity index (χ0n) is 13.1. The molecule has 0 amide bonds. The second-order valence-corrected chi connectivity index (χ2v) is 5.88. The van der Waals surface area contributed by atoms with Gasteiger partial charge >= 0.3 is 11.9 Å². The van der Waals surface area contributed by atoms with E-state index in [0.717, 1.165) is 11.1 Å². The van der Waals surface area contributed by atoms with Crippen molar-refractivity contribution < 1.29 is 23.1 Å². The van der Waals surface area contributed by atoms with E-state index >= 15 is 0 Å². The van der Waals surface area contributed by atoms with Crippen LogP contribution in [0.5, 0.6) is 0 Å². The van der Waals surface area contributed by atoms with Gasteiger partial charge in [0.2, 0.25) is 5.78 Å². The maximum atomic E-state index is 14.0. The third-order valence-corrected chi connectivity index (χ3v) is 4.32. The monoisotopic (exact) mass is 330 g/mol. The Morgan fingerprint density at radius 1 is 1.17 bits per heavy atom. The van der Waals surface area contributed by atoms with Crippen molar-refractivity contribution in [1.29, 1.82) is 0 Å². The van der Waals surface area contributed by atoms with E-state index in [9.17, 15) is 18.4 Å². The molecule has 0 fully saturated rings. The third-order valence-electron chi connectivity index (χ3n) is 4.32. The molecule has 1 aliphatic rings. The molecule has 1 unspecified atom stereocenters. The molecule has 0 N–H and O–H groups in total. The Bertz CT molecular complexity index is 784. The maximum absolute atomic E-state index is 14.0. The maximum Gasteiger partial charge on any atom is 0.310 e. The van der Waals surface area contributed by atoms with E-state index in [1.807, 2.05) is 30.3 Å². The molecular weight excluding hydrogens is 314 g/mol. The van der Waals surface area contributed by atoms with Crippen molar-refractivity contribution in [3.8, 4) is 11.1 Å². The first-order valence-electron chi connectivity index (χ1n) is 7.61. The average molecular weight is 330 g/mol. The van der Waals surface area contributed by atoms with Gasteiger partial charge in [-0.3, -0.25) is 9.59 Å². The van der Waals surface area contributed by atoms with Gasteiger partial charge in [-0.05, 0) is 16.7 Å². The smallest absolute Gasteiger partial charge is 0.310 e. The minimum atomic E-state index is -3.46. The summed E-state index contributed by atoms with van der Waals surface area (Å²) in [5, 5.41) is 0. The number of halogens is 2. The summed E-state index contributed by atoms with van der Waals surface area (Å²) in [6.07, 6.45) is -0.850. The minimum absolute atomic E-state index is 0.0140. The summed E-state index contributed by atoms with van der Waals surface area (Å²) >= 11 is 0. The van der Waals surface area contributed by atoms with Crippen molar-refractivity contribution in [3.63, 3.8) is 0 Å². The predicted molar refractivity (Wildman–Crippen MR) is 85.1 cm³/mol. The van der Waals surface area contributed by atoms with E-state index in [4.69, 9.17) is 0 Å². The Morgan fingerprint density at radius 2 is 1.88 bits per heavy atom. The van der Waals surface area contributed by atoms with Gasteiger partial charge in [0.05, 0.1) is 13.5 Å². The van der Waals surface area contributed by atoms with Gasteiger partial charge in [0.25, 0.3) is 0 Å². The molecule has 0 radical (unpaired) electrons. The summed E-state index contributed by atoms with van der Waals surface area (Å²) in [7, 11) is 1.22. The van der Waals surface area contributed by atoms with Crippen LogP contribution in [0.4, 0.5) is 8.78 Å². The minimum Gasteiger partial charge on any atom is -0.469 e. The van der Waals surface area contributed by atoms with Crippen LogP contribution in [0.2, 0.25) is 0 Å². The number of esters is 1. The van der Waals surface area contributed by atoms with Crippen molar-refractivity contribution in [2.45, 2.75) is 24.7 Å². The van der Waals surface area contributed by atoms with Crippen molar-refractivity contribution >= 4 is 11.8 Å². The molecule has 0 aromatic heterocycles. The number of ketones is 1. The van der Waals surface area contributed by atoms with Crippen LogP contribution >= 0.6 is 0 Å². The number of fused-ring (bicyclic) bond motifs is 1. The number of alkyl halides is 2. The van der Waals surface area contributed by atoms with E-state index in [1.165, 1.54) is 13.2 Å². The number of methoxy groups -OCH3 is 1. The highest BCUT2D eigenvalue weighted by molar-refractivity contribution is 6.04. The lowest BCUT2D eigenvalue weighted by Crippen LogP contribution is -2.37. The lowest BCUT2D eigenvalue weighted by molar-refractivity contribution is -0.141. The van der Waals surface area contributed by atoms with Gasteiger partial charge in [-0.2, -0.15) is 8.78 Å². The number of benzene rings is 2. The van der Waals surface area contributed by atoms with Gasteiger partial charge in [0.1, 0.15) is 0 Å². The Balaban J connectivity index is 2.08. The zero-order valence-corrected chi connectivity index (χ0v) is 13.1. The number of hydrogen-bond acceptors (Lipinski definition) is 3. The summed E-state index contributed by atoms with van der Waals surface area (Å²) in [6.45, 7) is 0. The van der Waals surface area contributed by atoms with Gasteiger partial charge in [0.15, 0.2) is 0 Å². The second-order valence-electron chi connectivity index (χ2n) is 5.88. The SMILES string of the molecule is COC(=O)CC1CC(F)(F)C(=O)c2ccc(-c3ccccc3)cc21. The largest absolute Gasteiger partial charge is 0.469 e. The van der Waals surface area contributed by atoms with Gasteiger partial charge in [-0.1, -0.05) is 48.5 Å². The molecule has 0 saturated heterocycles. The molecule has 0 saturated carbocycles. The molecule has 24 heavy (non-hydrogen) atoms. The summed E-state index contributed by atoms with van der Waals surface area (Å²) in [4.78, 5) is 23.6. The van der Waals surface area contributed by atoms with E-state index in [-0.39, 0.29) is 12.0 Å². The zero-order chi connectivity index (χ0) is 17.3. The van der Waals surface area contributed by atoms with Crippen molar-refractivity contribution in [3.05, 3.63) is 59.7 Å². The number of Topliss-reactive ketones (excluding diaryl/α,β-unsaturated/α-hetero) is 1. The van der Waals surface area contributed by atoms with Crippen LogP contribution in [-0.2, 0) is 9.53 Å². The average Bonchev–Trinajstić information content (AvgIpc) is 2.59. The Hall–Kier alpha value is -2.56. The summed E-state index contributed by atoms with van der Waals surface area (Å²) in [6, 6.07) is 14.2. The molecule has 0 aliphatic heterocycles. The first-order chi connectivity index (χ1) is 11.4. The predicted octanol–water partition coefficient (Wildman–Crippen LogP) is 4.22. The molecule has 1 atom stereocenters. The fraction of sp³-hybridized carbons (Fsp3) is 0.263. The van der Waals surface area contributed by atoms with Crippen molar-refractivity contribution in [2.24, 2.45) is 0 Å². The standard InChI is InChI=1S/C19H16F2O3/c1-24-17(22)10-14-11-19(20,21)18(23)15-8-7-13(9-16(14)15)12-5-3-2-4-6-12/h2-9,14H,10-11H2,1H3. The number of carbonyl (C=O) groups excluding carboxylic acids is 2. The van der Waals surface area contributed by atoms with Gasteiger partial charge in [-0.25, -0.2) is 0 Å². The van der Waals surface area contributed by atoms with Crippen molar-refractivity contribution in [2.75, 3.05) is 7.11 Å². The number of ether oxygens (including phenoxy) is 1. The van der Waals surface area contributed by atoms with Crippen LogP contribution in [0, 0.1) is 0 Å². The van der Waals surface area contributed by atoms with E-state index in [0.29, 0.717) is 5.56 Å². The highest BCUT2D eigenvalue weighted by Crippen LogP contribution is 2.43. The van der Waals surface area contributed by atoms with E-state index < -0.39 is 30.0 Å². The lowest BCUT2D eigenvalue weighted by atomic mass is 9.77. The first-order valence-corrected chi connectivity index (χ1v) is 7.61. The molecule has 124 valence electrons. The van der Waals surface area contributed by atoms with Crippen LogP contribution in [0.3, 0.4) is 0 Å². The van der Waals surface area contributed by atoms with Crippen LogP contribution in [0.15, 0.2) is 48.5 Å². The summed E-state index contributed by atoms with van der Waals surface area (Å²) < 4.78 is 32.6. The molecule has 0 heterocycles. The quantitative estimate of drug-likeness (QED) is 0.791. The number of hydrogen-bond donors (Lipinski definition) is 0. The van der Waals surface area contributed by atoms with Crippen molar-refractivity contribution in [1.82, 2.24) is 0 Å². The molecule has 5 heteroatoms. The van der Waals surface area contributed by atoms with Crippen LogP contribution < -0.4 is 0 Å². The lowest BCUT2D eigenvalue weighted by Gasteiger charge is -2.30. The number of rotatable bonds is 3. The highest BCUT2D eigenvalue weighted by Gasteiger charge is 2.47. The van der Waals surface area contributed by atoms with Gasteiger partial charge < -0.3 is 4.74 Å². The third kappa shape index (κ3) is 2.94. The molecule has 0 spiro atoms. The van der Waals surface area contributed by atoms with Crippen LogP contribution in [-0.4, -0.2) is 24.8 Å². The first kappa shape index (κ1) is 16.3. The Labute approximate surface area is 138 Å². The fourth-order valence-electron chi connectivity index (χ4n) is 3.09. The highest BCUT2D eigenvalue weighted by atomic mass is 19.3. The molecule has 2 aromatic carbocycles. The normalized spacial score (nSPS) is 18.8. The summed E-state index contributed by atoms with van der Waals surface area (Å²) in [5.41, 5.74) is 2.21. The van der Waals surface area contributed by atoms with Crippen LogP contribution in [0.1, 0.15) is 34.7 Å². The summed E-state index contributed by atoms with van der Waals surface area (Å²) in [5.74, 6) is -5.96. The molecular formula is C19H16F2O3. The van der Waals surface area contributed by atoms with E-state index in [1.54, 1.807) is 12.1 Å². The fourth-order valence-corrected chi connectivity index (χ4v) is 3.09. The Morgan fingerprint density at radius 3 is 2.54 bits per heavy atom. The molecule has 3 nitrogen and oxygen atoms in total. The molecule has 0 bridgehead atoms. The van der Waals surface area contributed by atoms with Gasteiger partial charge in [-0.15, -0.1) is 0 Å².